The molecule has 0 saturated heterocycles. The molecule has 1 aromatic rings. The molecule has 4 unspecified atom stereocenters. The van der Waals surface area contributed by atoms with Gasteiger partial charge >= 0.3 is 5.97 Å². The van der Waals surface area contributed by atoms with Crippen LogP contribution in [0.25, 0.3) is 0 Å². The normalized spacial score (nSPS) is 43.0. The van der Waals surface area contributed by atoms with Crippen molar-refractivity contribution in [3.05, 3.63) is 47.5 Å². The first-order valence-electron chi connectivity index (χ1n) is 14.9. The van der Waals surface area contributed by atoms with E-state index in [0.717, 1.165) is 31.2 Å². The van der Waals surface area contributed by atoms with E-state index >= 15 is 0 Å². The lowest BCUT2D eigenvalue weighted by Gasteiger charge is -2.63. The van der Waals surface area contributed by atoms with Gasteiger partial charge in [-0.15, -0.1) is 0 Å². The van der Waals surface area contributed by atoms with Crippen LogP contribution in [0.5, 0.6) is 0 Å². The number of aliphatic hydroxyl groups is 2. The fourth-order valence-corrected chi connectivity index (χ4v) is 9.81. The van der Waals surface area contributed by atoms with E-state index < -0.39 is 0 Å². The van der Waals surface area contributed by atoms with Gasteiger partial charge in [0.15, 0.2) is 0 Å². The Hall–Kier alpha value is -1.65. The van der Waals surface area contributed by atoms with E-state index in [1.54, 1.807) is 0 Å². The van der Waals surface area contributed by atoms with Crippen LogP contribution in [0.3, 0.4) is 0 Å². The summed E-state index contributed by atoms with van der Waals surface area (Å²) >= 11 is 0. The van der Waals surface area contributed by atoms with Crippen molar-refractivity contribution >= 4 is 5.97 Å². The monoisotopic (exact) mass is 508 g/mol. The van der Waals surface area contributed by atoms with Crippen molar-refractivity contribution in [1.29, 1.82) is 0 Å². The quantitative estimate of drug-likeness (QED) is 0.332. The first-order valence-corrected chi connectivity index (χ1v) is 14.9. The van der Waals surface area contributed by atoms with E-state index in [-0.39, 0.29) is 29.0 Å². The minimum Gasteiger partial charge on any atom is -0.461 e. The molecular weight excluding hydrogens is 460 g/mol. The predicted octanol–water partition coefficient (Wildman–Crippen LogP) is 6.69. The zero-order chi connectivity index (χ0) is 26.4. The Morgan fingerprint density at radius 1 is 1.05 bits per heavy atom. The van der Waals surface area contributed by atoms with Crippen LogP contribution in [-0.2, 0) is 16.1 Å². The van der Waals surface area contributed by atoms with Gasteiger partial charge in [0.25, 0.3) is 0 Å². The van der Waals surface area contributed by atoms with Gasteiger partial charge in [0.2, 0.25) is 0 Å². The summed E-state index contributed by atoms with van der Waals surface area (Å²) in [7, 11) is 0. The number of rotatable bonds is 6. The van der Waals surface area contributed by atoms with Crippen molar-refractivity contribution in [3.63, 3.8) is 0 Å². The number of esters is 1. The first kappa shape index (κ1) is 26.9. The van der Waals surface area contributed by atoms with Crippen molar-refractivity contribution in [2.75, 3.05) is 0 Å². The number of carbonyl (C=O) groups excluding carboxylic acids is 1. The molecule has 0 heterocycles. The van der Waals surface area contributed by atoms with Crippen molar-refractivity contribution in [2.45, 2.75) is 104 Å². The molecule has 0 spiro atoms. The average molecular weight is 509 g/mol. The molecule has 1 aromatic carbocycles. The van der Waals surface area contributed by atoms with Gasteiger partial charge in [0, 0.05) is 6.42 Å². The summed E-state index contributed by atoms with van der Waals surface area (Å²) in [5, 5.41) is 22.3. The zero-order valence-electron chi connectivity index (χ0n) is 23.4. The molecule has 4 saturated carbocycles. The number of carbonyl (C=O) groups is 1. The molecule has 0 bridgehead atoms. The number of hydrogen-bond acceptors (Lipinski definition) is 4. The van der Waals surface area contributed by atoms with Crippen molar-refractivity contribution < 1.29 is 19.7 Å². The maximum Gasteiger partial charge on any atom is 0.306 e. The number of ether oxygens (including phenoxy) is 1. The molecule has 5 rings (SSSR count). The van der Waals surface area contributed by atoms with Crippen LogP contribution >= 0.6 is 0 Å². The number of benzene rings is 1. The molecule has 0 aromatic heterocycles. The third-order valence-electron chi connectivity index (χ3n) is 11.7. The summed E-state index contributed by atoms with van der Waals surface area (Å²) in [6.45, 7) is 9.73. The molecule has 0 radical (unpaired) electrons. The number of fused-ring (bicyclic) bond motifs is 5. The second-order valence-corrected chi connectivity index (χ2v) is 13.4. The van der Waals surface area contributed by atoms with E-state index in [9.17, 15) is 15.0 Å². The Bertz CT molecular complexity index is 987. The highest BCUT2D eigenvalue weighted by atomic mass is 16.5. The Labute approximate surface area is 223 Å². The maximum atomic E-state index is 12.5. The Balaban J connectivity index is 1.26. The molecule has 10 atom stereocenters. The largest absolute Gasteiger partial charge is 0.461 e. The maximum absolute atomic E-state index is 12.5. The Morgan fingerprint density at radius 2 is 1.76 bits per heavy atom. The smallest absolute Gasteiger partial charge is 0.306 e. The van der Waals surface area contributed by atoms with Gasteiger partial charge in [-0.25, -0.2) is 0 Å². The van der Waals surface area contributed by atoms with E-state index in [2.05, 4.69) is 33.8 Å². The minimum absolute atomic E-state index is 0.0991. The highest BCUT2D eigenvalue weighted by Crippen LogP contribution is 2.69. The SMILES string of the molecule is C/C=C1\[C@@H](O)C2C3CCC([C@H](C)CCC(=O)OCc4ccccc4)[C@@]3(C)CCC2[C@@]2(C)CC[C@@H](O)C[C@@H]12. The van der Waals surface area contributed by atoms with E-state index in [0.29, 0.717) is 48.5 Å². The van der Waals surface area contributed by atoms with Crippen molar-refractivity contribution in [3.8, 4) is 0 Å². The lowest BCUT2D eigenvalue weighted by molar-refractivity contribution is -0.149. The number of hydrogen-bond donors (Lipinski definition) is 2. The second kappa shape index (κ2) is 10.5. The summed E-state index contributed by atoms with van der Waals surface area (Å²) in [4.78, 5) is 12.5. The van der Waals surface area contributed by atoms with Crippen LogP contribution in [0, 0.1) is 46.3 Å². The van der Waals surface area contributed by atoms with Gasteiger partial charge in [-0.05, 0) is 116 Å². The first-order chi connectivity index (χ1) is 17.7. The fraction of sp³-hybridized carbons (Fsp3) is 0.727. The van der Waals surface area contributed by atoms with Crippen LogP contribution < -0.4 is 0 Å². The van der Waals surface area contributed by atoms with Gasteiger partial charge < -0.3 is 14.9 Å². The van der Waals surface area contributed by atoms with Crippen LogP contribution in [0.4, 0.5) is 0 Å². The molecule has 204 valence electrons. The highest BCUT2D eigenvalue weighted by Gasteiger charge is 2.63. The molecule has 4 heteroatoms. The summed E-state index contributed by atoms with van der Waals surface area (Å²) in [6, 6.07) is 9.89. The molecule has 2 N–H and O–H groups in total. The van der Waals surface area contributed by atoms with E-state index in [1.807, 2.05) is 30.3 Å². The van der Waals surface area contributed by atoms with E-state index in [4.69, 9.17) is 4.74 Å². The lowest BCUT2D eigenvalue weighted by Crippen LogP contribution is -2.59. The van der Waals surface area contributed by atoms with Gasteiger partial charge in [-0.2, -0.15) is 0 Å². The van der Waals surface area contributed by atoms with Gasteiger partial charge in [0.1, 0.15) is 6.61 Å². The van der Waals surface area contributed by atoms with E-state index in [1.165, 1.54) is 31.3 Å². The summed E-state index contributed by atoms with van der Waals surface area (Å²) in [5.74, 6) is 2.63. The summed E-state index contributed by atoms with van der Waals surface area (Å²) < 4.78 is 5.55. The molecular formula is C33H48O4. The average Bonchev–Trinajstić information content (AvgIpc) is 3.25. The summed E-state index contributed by atoms with van der Waals surface area (Å²) in [5.41, 5.74) is 2.62. The van der Waals surface area contributed by atoms with Gasteiger partial charge in [0.05, 0.1) is 12.2 Å². The molecule has 0 aliphatic heterocycles. The fourth-order valence-electron chi connectivity index (χ4n) is 9.81. The lowest BCUT2D eigenvalue weighted by atomic mass is 9.42. The van der Waals surface area contributed by atoms with Crippen molar-refractivity contribution in [2.24, 2.45) is 46.3 Å². The number of allylic oxidation sites excluding steroid dienone is 1. The predicted molar refractivity (Wildman–Crippen MR) is 146 cm³/mol. The molecule has 37 heavy (non-hydrogen) atoms. The van der Waals surface area contributed by atoms with Crippen LogP contribution in [0.1, 0.15) is 91.0 Å². The molecule has 4 nitrogen and oxygen atoms in total. The van der Waals surface area contributed by atoms with Gasteiger partial charge in [-0.3, -0.25) is 4.79 Å². The van der Waals surface area contributed by atoms with Crippen LogP contribution in [0.2, 0.25) is 0 Å². The van der Waals surface area contributed by atoms with Crippen molar-refractivity contribution in [1.82, 2.24) is 0 Å². The number of aliphatic hydroxyl groups excluding tert-OH is 2. The third kappa shape index (κ3) is 4.71. The molecule has 4 aliphatic carbocycles. The van der Waals surface area contributed by atoms with Gasteiger partial charge in [-0.1, -0.05) is 57.2 Å². The minimum atomic E-state index is -0.384. The van der Waals surface area contributed by atoms with Crippen LogP contribution in [-0.4, -0.2) is 28.4 Å². The topological polar surface area (TPSA) is 66.8 Å². The zero-order valence-corrected chi connectivity index (χ0v) is 23.4. The Morgan fingerprint density at radius 3 is 2.49 bits per heavy atom. The molecule has 4 aliphatic rings. The second-order valence-electron chi connectivity index (χ2n) is 13.4. The third-order valence-corrected chi connectivity index (χ3v) is 11.7. The highest BCUT2D eigenvalue weighted by molar-refractivity contribution is 5.69. The Kier molecular flexibility index (Phi) is 7.64. The standard InChI is InChI=1S/C33H48O4/c1-5-24-28-19-23(34)15-17-33(28,4)27-16-18-32(3)25(12-13-26(32)30(27)31(24)36)21(2)11-14-29(35)37-20-22-9-7-6-8-10-22/h5-10,21,23,25-28,30-31,34,36H,11-20H2,1-4H3/b24-5-/t21-,23-,25?,26?,27?,28+,30?,31-,32-,33-/m1/s1. The molecule has 4 fully saturated rings. The molecule has 0 amide bonds. The van der Waals surface area contributed by atoms with Crippen LogP contribution in [0.15, 0.2) is 42.0 Å². The summed E-state index contributed by atoms with van der Waals surface area (Å²) in [6.07, 6.45) is 10.4.